The minimum Gasteiger partial charge on any atom is -0.498 e. The predicted molar refractivity (Wildman–Crippen MR) is 178 cm³/mol. The lowest BCUT2D eigenvalue weighted by Crippen LogP contribution is -2.59. The molecule has 0 aromatic carbocycles. The Morgan fingerprint density at radius 1 is 1.12 bits per heavy atom. The fourth-order valence-electron chi connectivity index (χ4n) is 4.53. The van der Waals surface area contributed by atoms with Crippen LogP contribution in [0.1, 0.15) is 38.2 Å². The molecule has 1 aromatic rings. The molecule has 1 fully saturated rings. The maximum absolute atomic E-state index is 13.4. The highest BCUT2D eigenvalue weighted by molar-refractivity contribution is 5.97. The molecule has 0 saturated carbocycles. The molecule has 20 heteroatoms. The van der Waals surface area contributed by atoms with Crippen molar-refractivity contribution >= 4 is 47.8 Å². The third-order valence-corrected chi connectivity index (χ3v) is 6.95. The summed E-state index contributed by atoms with van der Waals surface area (Å²) in [5.41, 5.74) is 16.1. The van der Waals surface area contributed by atoms with Gasteiger partial charge in [-0.3, -0.25) is 43.3 Å². The van der Waals surface area contributed by atoms with Gasteiger partial charge in [0, 0.05) is 45.2 Å². The normalized spacial score (nSPS) is 15.3. The maximum atomic E-state index is 13.4. The van der Waals surface area contributed by atoms with Gasteiger partial charge in [-0.2, -0.15) is 0 Å². The number of carboxylic acid groups (broad SMARTS) is 1. The lowest BCUT2D eigenvalue weighted by atomic mass is 10.0. The summed E-state index contributed by atoms with van der Waals surface area (Å²) < 4.78 is 10.0. The summed E-state index contributed by atoms with van der Waals surface area (Å²) in [5, 5.41) is 16.3. The molecule has 282 valence electrons. The number of aromatic nitrogens is 1. The summed E-state index contributed by atoms with van der Waals surface area (Å²) in [6, 6.07) is -2.20. The van der Waals surface area contributed by atoms with Gasteiger partial charge in [-0.1, -0.05) is 12.6 Å². The first kappa shape index (κ1) is 43.4. The third kappa shape index (κ3) is 17.0. The van der Waals surface area contributed by atoms with E-state index in [9.17, 15) is 38.4 Å². The summed E-state index contributed by atoms with van der Waals surface area (Å²) >= 11 is 0. The summed E-state index contributed by atoms with van der Waals surface area (Å²) in [6.45, 7) is 5.99. The minimum atomic E-state index is -1.65. The van der Waals surface area contributed by atoms with Crippen molar-refractivity contribution in [1.82, 2.24) is 30.7 Å². The van der Waals surface area contributed by atoms with Crippen LogP contribution in [0.5, 0.6) is 0 Å². The Kier molecular flexibility index (Phi) is 19.5. The first-order chi connectivity index (χ1) is 24.1. The second-order valence-corrected chi connectivity index (χ2v) is 11.3. The van der Waals surface area contributed by atoms with Gasteiger partial charge in [-0.25, -0.2) is 0 Å². The van der Waals surface area contributed by atoms with E-state index in [0.29, 0.717) is 25.1 Å². The predicted octanol–water partition coefficient (Wildman–Crippen LogP) is -3.54. The number of nitrogens with one attached hydrogen (secondary N) is 3. The number of rotatable bonds is 20. The van der Waals surface area contributed by atoms with E-state index in [1.807, 2.05) is 0 Å². The number of likely N-dealkylation sites (N-methyl/N-ethyl adjacent to an activating group) is 1. The summed E-state index contributed by atoms with van der Waals surface area (Å²) in [6.07, 6.45) is 1.69. The highest BCUT2D eigenvalue weighted by atomic mass is 16.5. The molecular formula is C31H47N9O11. The van der Waals surface area contributed by atoms with Crippen molar-refractivity contribution in [2.75, 3.05) is 40.1 Å². The molecule has 0 aliphatic carbocycles. The molecule has 7 amide bonds. The zero-order chi connectivity index (χ0) is 38.5. The van der Waals surface area contributed by atoms with Crippen LogP contribution in [-0.2, 0) is 54.3 Å². The van der Waals surface area contributed by atoms with Crippen molar-refractivity contribution in [1.29, 1.82) is 0 Å². The molecule has 20 nitrogen and oxygen atoms in total. The van der Waals surface area contributed by atoms with Crippen molar-refractivity contribution in [3.05, 3.63) is 42.4 Å². The molecule has 1 aliphatic rings. The van der Waals surface area contributed by atoms with Crippen LogP contribution in [-0.4, -0.2) is 132 Å². The van der Waals surface area contributed by atoms with Gasteiger partial charge in [-0.15, -0.1) is 0 Å². The zero-order valence-electron chi connectivity index (χ0n) is 28.6. The average Bonchev–Trinajstić information content (AvgIpc) is 3.08. The first-order valence-corrected chi connectivity index (χ1v) is 15.7. The number of primary amides is 2. The number of nitrogens with zero attached hydrogens (tertiary/aromatic N) is 3. The Bertz CT molecular complexity index is 1380. The summed E-state index contributed by atoms with van der Waals surface area (Å²) in [5.74, 6) is -5.86. The van der Waals surface area contributed by atoms with Gasteiger partial charge in [-0.05, 0) is 25.0 Å². The molecule has 4 atom stereocenters. The van der Waals surface area contributed by atoms with E-state index in [-0.39, 0.29) is 26.2 Å². The molecule has 10 N–H and O–H groups in total. The van der Waals surface area contributed by atoms with Gasteiger partial charge in [0.05, 0.1) is 31.9 Å². The number of pyridine rings is 1. The van der Waals surface area contributed by atoms with Crippen LogP contribution in [0.25, 0.3) is 0 Å². The van der Waals surface area contributed by atoms with E-state index in [0.717, 1.165) is 15.6 Å². The van der Waals surface area contributed by atoms with Crippen molar-refractivity contribution in [3.63, 3.8) is 0 Å². The number of carboxylic acids is 1. The smallest absolute Gasteiger partial charge is 0.303 e. The molecule has 0 bridgehead atoms. The molecule has 1 unspecified atom stereocenters. The maximum Gasteiger partial charge on any atom is 0.303 e. The van der Waals surface area contributed by atoms with Gasteiger partial charge in [0.15, 0.2) is 0 Å². The third-order valence-electron chi connectivity index (χ3n) is 6.95. The molecule has 2 heterocycles. The Hall–Kier alpha value is -5.63. The van der Waals surface area contributed by atoms with Crippen molar-refractivity contribution in [2.45, 2.75) is 63.2 Å². The Labute approximate surface area is 294 Å². The fourth-order valence-corrected chi connectivity index (χ4v) is 4.53. The number of ether oxygens (including phenoxy) is 2. The van der Waals surface area contributed by atoms with Gasteiger partial charge >= 0.3 is 5.97 Å². The molecule has 1 aromatic heterocycles. The van der Waals surface area contributed by atoms with Crippen LogP contribution < -0.4 is 33.2 Å². The van der Waals surface area contributed by atoms with E-state index in [2.05, 4.69) is 27.5 Å². The van der Waals surface area contributed by atoms with Gasteiger partial charge in [0.1, 0.15) is 30.9 Å². The van der Waals surface area contributed by atoms with Crippen molar-refractivity contribution < 1.29 is 52.9 Å². The van der Waals surface area contributed by atoms with Gasteiger partial charge in [0.2, 0.25) is 41.9 Å². The first-order valence-electron chi connectivity index (χ1n) is 15.7. The number of hydrogen-bond acceptors (Lipinski definition) is 12. The number of nitrogens with two attached hydrogens (primary N) is 3. The molecular weight excluding hydrogens is 674 g/mol. The van der Waals surface area contributed by atoms with Gasteiger partial charge < -0.3 is 57.5 Å². The Balaban J connectivity index is 0.00000167. The second kappa shape index (κ2) is 22.9. The largest absolute Gasteiger partial charge is 0.498 e. The monoisotopic (exact) mass is 721 g/mol. The van der Waals surface area contributed by atoms with E-state index in [1.54, 1.807) is 19.1 Å². The quantitative estimate of drug-likeness (QED) is 0.0508. The summed E-state index contributed by atoms with van der Waals surface area (Å²) in [7, 11) is 1.29. The lowest BCUT2D eigenvalue weighted by molar-refractivity contribution is -0.146. The standard InChI is InChI=1S/C26H36N8O10.C5H11NO/c1-33(12-21(28)37)26(43)18(9-15-3-2-7-29-11-15)32-24(41)17(10-20(27)36)31-23(40)16(4-5-22(38)39)30-25(42)19-6-8-44-14-34(19)13-35;1-5(2)7-4-3-6/h2-3,7,11,13,16-19H,4-6,8-10,12,14H2,1H3,(H2,27,36)(H2,28,37)(H,30,42)(H,31,40)(H,32,41)(H,38,39);1,3-4,6H2,2H3/t16-,17-,18-,19?;/m0./s1. The number of aliphatic carboxylic acids is 1. The number of allylic oxidation sites excluding steroid dienone is 1. The molecule has 1 aliphatic heterocycles. The number of carbonyl (C=O) groups is 8. The van der Waals surface area contributed by atoms with Gasteiger partial charge in [0.25, 0.3) is 0 Å². The van der Waals surface area contributed by atoms with Crippen molar-refractivity contribution in [2.24, 2.45) is 17.2 Å². The van der Waals surface area contributed by atoms with Crippen LogP contribution in [0.3, 0.4) is 0 Å². The van der Waals surface area contributed by atoms with Crippen LogP contribution in [0.15, 0.2) is 36.9 Å². The second-order valence-electron chi connectivity index (χ2n) is 11.3. The Morgan fingerprint density at radius 2 is 1.78 bits per heavy atom. The van der Waals surface area contributed by atoms with Crippen LogP contribution in [0.4, 0.5) is 0 Å². The molecule has 51 heavy (non-hydrogen) atoms. The fraction of sp³-hybridized carbons (Fsp3) is 0.516. The molecule has 0 spiro atoms. The van der Waals surface area contributed by atoms with E-state index in [1.165, 1.54) is 19.4 Å². The highest BCUT2D eigenvalue weighted by Crippen LogP contribution is 2.11. The number of hydrogen-bond donors (Lipinski definition) is 7. The van der Waals surface area contributed by atoms with E-state index >= 15 is 0 Å². The van der Waals surface area contributed by atoms with Crippen LogP contribution in [0, 0.1) is 0 Å². The Morgan fingerprint density at radius 3 is 2.31 bits per heavy atom. The average molecular weight is 722 g/mol. The molecule has 0 radical (unpaired) electrons. The molecule has 1 saturated heterocycles. The lowest BCUT2D eigenvalue weighted by Gasteiger charge is -2.32. The zero-order valence-corrected chi connectivity index (χ0v) is 28.6. The SMILES string of the molecule is C=C(C)OCCN.CN(CC(N)=O)C(=O)[C@H](Cc1cccnc1)NC(=O)[C@H](CC(N)=O)NC(=O)[C@H](CCC(=O)O)NC(=O)C1CCOCN1C=O. The van der Waals surface area contributed by atoms with Crippen molar-refractivity contribution in [3.8, 4) is 0 Å². The van der Waals surface area contributed by atoms with E-state index in [4.69, 9.17) is 31.8 Å². The van der Waals surface area contributed by atoms with Crippen LogP contribution >= 0.6 is 0 Å². The topological polar surface area (TPSA) is 309 Å². The van der Waals surface area contributed by atoms with Crippen LogP contribution in [0.2, 0.25) is 0 Å². The highest BCUT2D eigenvalue weighted by Gasteiger charge is 2.34. The summed E-state index contributed by atoms with van der Waals surface area (Å²) in [4.78, 5) is 104. The van der Waals surface area contributed by atoms with E-state index < -0.39 is 91.4 Å². The number of amides is 7. The number of carbonyl (C=O) groups excluding carboxylic acids is 7. The minimum absolute atomic E-state index is 0.0889. The molecule has 2 rings (SSSR count).